The number of rotatable bonds is 3. The van der Waals surface area contributed by atoms with Crippen LogP contribution in [0, 0.1) is 11.3 Å². The molecule has 0 spiro atoms. The van der Waals surface area contributed by atoms with Crippen molar-refractivity contribution in [2.75, 3.05) is 30.8 Å². The van der Waals surface area contributed by atoms with E-state index in [0.29, 0.717) is 23.0 Å². The van der Waals surface area contributed by atoms with Crippen LogP contribution in [0.2, 0.25) is 0 Å². The first-order chi connectivity index (χ1) is 10.6. The molecule has 0 unspecified atom stereocenters. The summed E-state index contributed by atoms with van der Waals surface area (Å²) in [7, 11) is 3.69. The summed E-state index contributed by atoms with van der Waals surface area (Å²) >= 11 is 0. The number of nitrogens with two attached hydrogens (primary N) is 1. The van der Waals surface area contributed by atoms with Crippen molar-refractivity contribution in [1.82, 2.24) is 25.1 Å². The van der Waals surface area contributed by atoms with Crippen LogP contribution in [0.1, 0.15) is 12.1 Å². The van der Waals surface area contributed by atoms with E-state index < -0.39 is 0 Å². The van der Waals surface area contributed by atoms with Gasteiger partial charge in [-0.15, -0.1) is 0 Å². The van der Waals surface area contributed by atoms with E-state index in [4.69, 9.17) is 5.73 Å². The van der Waals surface area contributed by atoms with Crippen molar-refractivity contribution < 1.29 is 0 Å². The van der Waals surface area contributed by atoms with Crippen LogP contribution in [-0.2, 0) is 7.05 Å². The second-order valence-corrected chi connectivity index (χ2v) is 5.33. The maximum atomic E-state index is 9.26. The van der Waals surface area contributed by atoms with Gasteiger partial charge in [-0.1, -0.05) is 0 Å². The quantitative estimate of drug-likeness (QED) is 0.829. The van der Waals surface area contributed by atoms with E-state index in [2.05, 4.69) is 31.4 Å². The average Bonchev–Trinajstić information content (AvgIpc) is 3.12. The Labute approximate surface area is 128 Å². The third-order valence-electron chi connectivity index (χ3n) is 3.97. The summed E-state index contributed by atoms with van der Waals surface area (Å²) in [5.41, 5.74) is 7.61. The number of likely N-dealkylation sites (N-methyl/N-ethyl adjacent to an activating group) is 1. The fourth-order valence-corrected chi connectivity index (χ4v) is 2.71. The van der Waals surface area contributed by atoms with Crippen molar-refractivity contribution in [3.05, 3.63) is 18.0 Å². The predicted molar refractivity (Wildman–Crippen MR) is 83.0 cm³/mol. The van der Waals surface area contributed by atoms with Crippen molar-refractivity contribution in [2.45, 2.75) is 12.5 Å². The van der Waals surface area contributed by atoms with E-state index in [9.17, 15) is 5.26 Å². The van der Waals surface area contributed by atoms with Crippen LogP contribution in [-0.4, -0.2) is 45.9 Å². The Hall–Kier alpha value is -2.66. The lowest BCUT2D eigenvalue weighted by molar-refractivity contribution is 0.616. The van der Waals surface area contributed by atoms with Gasteiger partial charge in [-0.05, 0) is 13.5 Å². The molecule has 0 radical (unpaired) electrons. The molecule has 1 aliphatic rings. The van der Waals surface area contributed by atoms with Gasteiger partial charge in [-0.2, -0.15) is 15.3 Å². The summed E-state index contributed by atoms with van der Waals surface area (Å²) < 4.78 is 1.53. The van der Waals surface area contributed by atoms with Gasteiger partial charge in [0.2, 0.25) is 5.95 Å². The SMILES string of the molecule is CN[C@@H]1CCN(c2cc(-c3cnn(C)c3C#N)nc(N)n2)C1. The highest BCUT2D eigenvalue weighted by Crippen LogP contribution is 2.26. The number of nitrogens with zero attached hydrogens (tertiary/aromatic N) is 6. The Morgan fingerprint density at radius 1 is 1.45 bits per heavy atom. The van der Waals surface area contributed by atoms with Crippen LogP contribution in [0.15, 0.2) is 12.3 Å². The molecule has 0 aromatic carbocycles. The normalized spacial score (nSPS) is 17.7. The van der Waals surface area contributed by atoms with Crippen molar-refractivity contribution in [3.8, 4) is 17.3 Å². The van der Waals surface area contributed by atoms with Gasteiger partial charge in [0.15, 0.2) is 0 Å². The van der Waals surface area contributed by atoms with Gasteiger partial charge in [0.1, 0.15) is 17.6 Å². The number of hydrogen-bond donors (Lipinski definition) is 2. The molecule has 3 heterocycles. The number of nitrogen functional groups attached to an aromatic ring is 1. The van der Waals surface area contributed by atoms with Crippen LogP contribution in [0.25, 0.3) is 11.3 Å². The molecule has 1 aliphatic heterocycles. The Morgan fingerprint density at radius 3 is 2.95 bits per heavy atom. The zero-order valence-corrected chi connectivity index (χ0v) is 12.6. The smallest absolute Gasteiger partial charge is 0.222 e. The minimum absolute atomic E-state index is 0.202. The first kappa shape index (κ1) is 14.3. The van der Waals surface area contributed by atoms with Crippen molar-refractivity contribution >= 4 is 11.8 Å². The summed E-state index contributed by atoms with van der Waals surface area (Å²) in [5.74, 6) is 0.987. The van der Waals surface area contributed by atoms with Crippen molar-refractivity contribution in [3.63, 3.8) is 0 Å². The molecule has 1 fully saturated rings. The number of hydrogen-bond acceptors (Lipinski definition) is 7. The average molecular weight is 298 g/mol. The Balaban J connectivity index is 1.99. The first-order valence-corrected chi connectivity index (χ1v) is 7.11. The third kappa shape index (κ3) is 2.46. The number of nitrogens with one attached hydrogen (secondary N) is 1. The van der Waals surface area contributed by atoms with E-state index in [1.807, 2.05) is 13.1 Å². The fraction of sp³-hybridized carbons (Fsp3) is 0.429. The molecule has 1 atom stereocenters. The molecular weight excluding hydrogens is 280 g/mol. The van der Waals surface area contributed by atoms with E-state index in [1.54, 1.807) is 13.2 Å². The molecule has 0 saturated carbocycles. The Kier molecular flexibility index (Phi) is 3.65. The Morgan fingerprint density at radius 2 is 2.27 bits per heavy atom. The molecule has 2 aromatic heterocycles. The van der Waals surface area contributed by atoms with Crippen LogP contribution < -0.4 is 16.0 Å². The topological polar surface area (TPSA) is 109 Å². The summed E-state index contributed by atoms with van der Waals surface area (Å²) in [6.45, 7) is 1.80. The summed E-state index contributed by atoms with van der Waals surface area (Å²) in [6.07, 6.45) is 2.69. The highest BCUT2D eigenvalue weighted by molar-refractivity contribution is 5.68. The Bertz CT molecular complexity index is 729. The lowest BCUT2D eigenvalue weighted by Gasteiger charge is -2.18. The molecule has 8 heteroatoms. The van der Waals surface area contributed by atoms with E-state index in [0.717, 1.165) is 25.3 Å². The summed E-state index contributed by atoms with van der Waals surface area (Å²) in [5, 5.41) is 16.7. The van der Waals surface area contributed by atoms with Crippen LogP contribution in [0.4, 0.5) is 11.8 Å². The minimum atomic E-state index is 0.202. The molecule has 0 amide bonds. The molecule has 0 aliphatic carbocycles. The lowest BCUT2D eigenvalue weighted by Crippen LogP contribution is -2.30. The van der Waals surface area contributed by atoms with E-state index >= 15 is 0 Å². The predicted octanol–water partition coefficient (Wildman–Crippen LogP) is 0.129. The van der Waals surface area contributed by atoms with Gasteiger partial charge < -0.3 is 16.0 Å². The third-order valence-corrected chi connectivity index (χ3v) is 3.97. The highest BCUT2D eigenvalue weighted by Gasteiger charge is 2.23. The van der Waals surface area contributed by atoms with Gasteiger partial charge in [-0.3, -0.25) is 4.68 Å². The molecule has 22 heavy (non-hydrogen) atoms. The van der Waals surface area contributed by atoms with Gasteiger partial charge in [0.25, 0.3) is 0 Å². The van der Waals surface area contributed by atoms with Crippen LogP contribution in [0.5, 0.6) is 0 Å². The zero-order chi connectivity index (χ0) is 15.7. The second kappa shape index (κ2) is 5.61. The van der Waals surface area contributed by atoms with Gasteiger partial charge >= 0.3 is 0 Å². The van der Waals surface area contributed by atoms with E-state index in [-0.39, 0.29) is 5.95 Å². The molecular formula is C14H18N8. The molecule has 1 saturated heterocycles. The molecule has 3 rings (SSSR count). The lowest BCUT2D eigenvalue weighted by atomic mass is 10.2. The maximum Gasteiger partial charge on any atom is 0.222 e. The molecule has 2 aromatic rings. The first-order valence-electron chi connectivity index (χ1n) is 7.11. The van der Waals surface area contributed by atoms with Crippen molar-refractivity contribution in [2.24, 2.45) is 7.05 Å². The minimum Gasteiger partial charge on any atom is -0.368 e. The summed E-state index contributed by atoms with van der Waals surface area (Å²) in [6, 6.07) is 4.46. The number of aromatic nitrogens is 4. The van der Waals surface area contributed by atoms with Gasteiger partial charge in [0, 0.05) is 32.2 Å². The molecule has 3 N–H and O–H groups in total. The molecule has 114 valence electrons. The second-order valence-electron chi connectivity index (χ2n) is 5.33. The highest BCUT2D eigenvalue weighted by atomic mass is 15.3. The van der Waals surface area contributed by atoms with Crippen LogP contribution in [0.3, 0.4) is 0 Å². The van der Waals surface area contributed by atoms with Gasteiger partial charge in [-0.25, -0.2) is 4.98 Å². The maximum absolute atomic E-state index is 9.26. The number of nitriles is 1. The monoisotopic (exact) mass is 298 g/mol. The number of aryl methyl sites for hydroxylation is 1. The van der Waals surface area contributed by atoms with Gasteiger partial charge in [0.05, 0.1) is 17.5 Å². The number of anilines is 2. The standard InChI is InChI=1S/C14H18N8/c1-17-9-3-4-22(8-9)13-5-11(19-14(16)20-13)10-7-18-21(2)12(10)6-15/h5,7,9,17H,3-4,8H2,1-2H3,(H2,16,19,20)/t9-/m1/s1. The van der Waals surface area contributed by atoms with E-state index in [1.165, 1.54) is 4.68 Å². The fourth-order valence-electron chi connectivity index (χ4n) is 2.71. The summed E-state index contributed by atoms with van der Waals surface area (Å²) in [4.78, 5) is 10.8. The zero-order valence-electron chi connectivity index (χ0n) is 12.6. The van der Waals surface area contributed by atoms with Crippen molar-refractivity contribution in [1.29, 1.82) is 5.26 Å². The molecule has 8 nitrogen and oxygen atoms in total. The molecule has 0 bridgehead atoms. The largest absolute Gasteiger partial charge is 0.368 e. The van der Waals surface area contributed by atoms with Crippen LogP contribution >= 0.6 is 0 Å².